The molecule has 0 bridgehead atoms. The van der Waals surface area contributed by atoms with E-state index in [1.807, 2.05) is 30.8 Å². The molecule has 0 saturated heterocycles. The van der Waals surface area contributed by atoms with E-state index in [-0.39, 0.29) is 17.5 Å². The molecule has 0 fully saturated rings. The summed E-state index contributed by atoms with van der Waals surface area (Å²) in [6.07, 6.45) is 5.42. The Hall–Kier alpha value is -2.56. The zero-order valence-electron chi connectivity index (χ0n) is 13.3. The van der Waals surface area contributed by atoms with Crippen LogP contribution in [0.3, 0.4) is 0 Å². The van der Waals surface area contributed by atoms with Gasteiger partial charge in [0, 0.05) is 54.1 Å². The number of hydrogen-bond donors (Lipinski definition) is 1. The molecule has 1 aliphatic rings. The number of ketones is 1. The minimum absolute atomic E-state index is 0.0386. The molecule has 0 saturated carbocycles. The number of rotatable bonds is 2. The van der Waals surface area contributed by atoms with Gasteiger partial charge in [-0.15, -0.1) is 0 Å². The van der Waals surface area contributed by atoms with Crippen molar-refractivity contribution in [3.05, 3.63) is 47.7 Å². The second kappa shape index (κ2) is 4.98. The Kier molecular flexibility index (Phi) is 3.04. The highest BCUT2D eigenvalue weighted by molar-refractivity contribution is 6.11. The summed E-state index contributed by atoms with van der Waals surface area (Å²) in [4.78, 5) is 17.3. The summed E-state index contributed by atoms with van der Waals surface area (Å²) in [6.45, 7) is 2.62. The minimum atomic E-state index is -0.0386. The van der Waals surface area contributed by atoms with Gasteiger partial charge in [0.1, 0.15) is 11.6 Å². The predicted molar refractivity (Wildman–Crippen MR) is 87.7 cm³/mol. The SMILES string of the molecule is Cc1nccn1C[C@H]1CCc2c(c3cc(O)ccc3n2C)C1=O. The van der Waals surface area contributed by atoms with E-state index in [1.54, 1.807) is 18.3 Å². The van der Waals surface area contributed by atoms with Gasteiger partial charge in [-0.25, -0.2) is 4.98 Å². The summed E-state index contributed by atoms with van der Waals surface area (Å²) in [5.74, 6) is 1.27. The third kappa shape index (κ3) is 2.07. The molecule has 1 aliphatic carbocycles. The van der Waals surface area contributed by atoms with Crippen LogP contribution in [0.5, 0.6) is 5.75 Å². The second-order valence-corrected chi connectivity index (χ2v) is 6.31. The Morgan fingerprint density at radius 3 is 2.96 bits per heavy atom. The van der Waals surface area contributed by atoms with Crippen LogP contribution in [0.25, 0.3) is 10.9 Å². The molecule has 2 heterocycles. The second-order valence-electron chi connectivity index (χ2n) is 6.31. The fraction of sp³-hybridized carbons (Fsp3) is 0.333. The molecular weight excluding hydrogens is 290 g/mol. The largest absolute Gasteiger partial charge is 0.508 e. The van der Waals surface area contributed by atoms with Crippen LogP contribution in [-0.4, -0.2) is 25.0 Å². The normalized spacial score (nSPS) is 17.7. The van der Waals surface area contributed by atoms with Gasteiger partial charge in [0.25, 0.3) is 0 Å². The minimum Gasteiger partial charge on any atom is -0.508 e. The standard InChI is InChI=1S/C18H19N3O2/c1-11-19-7-8-21(11)10-12-3-5-16-17(18(12)23)14-9-13(22)4-6-15(14)20(16)2/h4,6-9,12,22H,3,5,10H2,1-2H3/t12-/m1/s1. The van der Waals surface area contributed by atoms with Crippen LogP contribution in [0, 0.1) is 12.8 Å². The lowest BCUT2D eigenvalue weighted by molar-refractivity contribution is 0.0888. The topological polar surface area (TPSA) is 60.0 Å². The first kappa shape index (κ1) is 14.1. The van der Waals surface area contributed by atoms with Crippen molar-refractivity contribution in [2.45, 2.75) is 26.3 Å². The van der Waals surface area contributed by atoms with Crippen molar-refractivity contribution in [3.63, 3.8) is 0 Å². The summed E-state index contributed by atoms with van der Waals surface area (Å²) in [5.41, 5.74) is 2.86. The summed E-state index contributed by atoms with van der Waals surface area (Å²) in [7, 11) is 1.99. The number of carbonyl (C=O) groups excluding carboxylic acids is 1. The van der Waals surface area contributed by atoms with Crippen LogP contribution >= 0.6 is 0 Å². The van der Waals surface area contributed by atoms with E-state index >= 15 is 0 Å². The lowest BCUT2D eigenvalue weighted by atomic mass is 9.85. The summed E-state index contributed by atoms with van der Waals surface area (Å²) >= 11 is 0. The number of phenols is 1. The highest BCUT2D eigenvalue weighted by Crippen LogP contribution is 2.35. The molecule has 23 heavy (non-hydrogen) atoms. The van der Waals surface area contributed by atoms with Crippen LogP contribution in [-0.2, 0) is 20.0 Å². The van der Waals surface area contributed by atoms with Gasteiger partial charge in [-0.2, -0.15) is 0 Å². The Bertz CT molecular complexity index is 920. The molecule has 0 aliphatic heterocycles. The molecule has 0 unspecified atom stereocenters. The monoisotopic (exact) mass is 309 g/mol. The van der Waals surface area contributed by atoms with Crippen LogP contribution in [0.4, 0.5) is 0 Å². The summed E-state index contributed by atoms with van der Waals surface area (Å²) in [5, 5.41) is 10.7. The highest BCUT2D eigenvalue weighted by Gasteiger charge is 2.32. The van der Waals surface area contributed by atoms with E-state index < -0.39 is 0 Å². The lowest BCUT2D eigenvalue weighted by Crippen LogP contribution is -2.27. The molecular formula is C18H19N3O2. The van der Waals surface area contributed by atoms with Crippen molar-refractivity contribution < 1.29 is 9.90 Å². The van der Waals surface area contributed by atoms with E-state index in [0.717, 1.165) is 40.8 Å². The lowest BCUT2D eigenvalue weighted by Gasteiger charge is -2.23. The average molecular weight is 309 g/mol. The quantitative estimate of drug-likeness (QED) is 0.792. The molecule has 4 rings (SSSR count). The molecule has 3 aromatic rings. The molecule has 0 amide bonds. The Morgan fingerprint density at radius 2 is 2.22 bits per heavy atom. The molecule has 5 heteroatoms. The van der Waals surface area contributed by atoms with Crippen molar-refractivity contribution in [1.29, 1.82) is 0 Å². The molecule has 1 aromatic carbocycles. The first-order valence-electron chi connectivity index (χ1n) is 7.88. The number of Topliss-reactive ketones (excluding diaryl/α,β-unsaturated/α-hetero) is 1. The number of hydrogen-bond acceptors (Lipinski definition) is 3. The van der Waals surface area contributed by atoms with Crippen molar-refractivity contribution in [1.82, 2.24) is 14.1 Å². The molecule has 2 aromatic heterocycles. The molecule has 0 spiro atoms. The van der Waals surface area contributed by atoms with Crippen LogP contribution in [0.15, 0.2) is 30.6 Å². The maximum Gasteiger partial charge on any atom is 0.170 e. The van der Waals surface area contributed by atoms with E-state index in [2.05, 4.69) is 9.55 Å². The van der Waals surface area contributed by atoms with Crippen LogP contribution in [0.2, 0.25) is 0 Å². The maximum absolute atomic E-state index is 13.1. The van der Waals surface area contributed by atoms with Gasteiger partial charge in [-0.1, -0.05) is 0 Å². The zero-order chi connectivity index (χ0) is 16.1. The third-order valence-electron chi connectivity index (χ3n) is 4.99. The van der Waals surface area contributed by atoms with Gasteiger partial charge >= 0.3 is 0 Å². The van der Waals surface area contributed by atoms with Crippen molar-refractivity contribution in [2.24, 2.45) is 13.0 Å². The smallest absolute Gasteiger partial charge is 0.170 e. The molecule has 118 valence electrons. The fourth-order valence-electron chi connectivity index (χ4n) is 3.71. The number of aromatic nitrogens is 3. The van der Waals surface area contributed by atoms with E-state index in [0.29, 0.717) is 6.54 Å². The molecule has 1 N–H and O–H groups in total. The molecule has 0 radical (unpaired) electrons. The van der Waals surface area contributed by atoms with Gasteiger partial charge in [-0.05, 0) is 38.0 Å². The number of phenolic OH excluding ortho intramolecular Hbond substituents is 1. The van der Waals surface area contributed by atoms with Gasteiger partial charge in [0.2, 0.25) is 0 Å². The van der Waals surface area contributed by atoms with E-state index in [4.69, 9.17) is 0 Å². The van der Waals surface area contributed by atoms with Crippen molar-refractivity contribution >= 4 is 16.7 Å². The van der Waals surface area contributed by atoms with Crippen molar-refractivity contribution in [2.75, 3.05) is 0 Å². The number of aromatic hydroxyl groups is 1. The number of carbonyl (C=O) groups is 1. The Labute approximate surface area is 134 Å². The van der Waals surface area contributed by atoms with E-state index in [1.165, 1.54) is 0 Å². The molecule has 1 atom stereocenters. The predicted octanol–water partition coefficient (Wildman–Crippen LogP) is 2.83. The van der Waals surface area contributed by atoms with E-state index in [9.17, 15) is 9.90 Å². The Morgan fingerprint density at radius 1 is 1.39 bits per heavy atom. The number of aryl methyl sites for hydroxylation is 2. The van der Waals surface area contributed by atoms with Gasteiger partial charge in [0.15, 0.2) is 5.78 Å². The Balaban J connectivity index is 1.79. The van der Waals surface area contributed by atoms with Gasteiger partial charge in [-0.3, -0.25) is 4.79 Å². The average Bonchev–Trinajstić information content (AvgIpc) is 3.05. The first-order chi connectivity index (χ1) is 11.1. The molecule has 5 nitrogen and oxygen atoms in total. The van der Waals surface area contributed by atoms with Crippen LogP contribution in [0.1, 0.15) is 28.3 Å². The van der Waals surface area contributed by atoms with Gasteiger partial charge in [0.05, 0.1) is 0 Å². The number of benzene rings is 1. The fourth-order valence-corrected chi connectivity index (χ4v) is 3.71. The third-order valence-corrected chi connectivity index (χ3v) is 4.99. The zero-order valence-corrected chi connectivity index (χ0v) is 13.3. The van der Waals surface area contributed by atoms with Crippen LogP contribution < -0.4 is 0 Å². The summed E-state index contributed by atoms with van der Waals surface area (Å²) in [6, 6.07) is 5.26. The number of imidazole rings is 1. The van der Waals surface area contributed by atoms with Crippen molar-refractivity contribution in [3.8, 4) is 5.75 Å². The summed E-state index contributed by atoms with van der Waals surface area (Å²) < 4.78 is 4.12. The first-order valence-corrected chi connectivity index (χ1v) is 7.88. The number of fused-ring (bicyclic) bond motifs is 3. The van der Waals surface area contributed by atoms with Gasteiger partial charge < -0.3 is 14.2 Å². The highest BCUT2D eigenvalue weighted by atomic mass is 16.3. The number of nitrogens with zero attached hydrogens (tertiary/aromatic N) is 3. The maximum atomic E-state index is 13.1.